The van der Waals surface area contributed by atoms with E-state index in [0.717, 1.165) is 11.3 Å². The van der Waals surface area contributed by atoms with Crippen LogP contribution in [0.5, 0.6) is 0 Å². The van der Waals surface area contributed by atoms with Gasteiger partial charge >= 0.3 is 17.1 Å². The van der Waals surface area contributed by atoms with Crippen LogP contribution >= 0.6 is 11.3 Å². The van der Waals surface area contributed by atoms with Crippen molar-refractivity contribution < 1.29 is 24.4 Å². The van der Waals surface area contributed by atoms with E-state index in [-0.39, 0.29) is 11.4 Å². The molecule has 1 atom stereocenters. The van der Waals surface area contributed by atoms with Crippen LogP contribution < -0.4 is 5.32 Å². The Bertz CT molecular complexity index is 548. The van der Waals surface area contributed by atoms with E-state index in [9.17, 15) is 19.7 Å². The zero-order valence-electron chi connectivity index (χ0n) is 11.8. The summed E-state index contributed by atoms with van der Waals surface area (Å²) < 4.78 is 4.98. The third-order valence-corrected chi connectivity index (χ3v) is 3.28. The van der Waals surface area contributed by atoms with Crippen LogP contribution in [0.1, 0.15) is 25.6 Å². The number of nitrogens with zero attached hydrogens (tertiary/aromatic N) is 1. The molecule has 0 saturated carbocycles. The summed E-state index contributed by atoms with van der Waals surface area (Å²) in [5.74, 6) is -1.24. The number of rotatable bonds is 5. The topological polar surface area (TPSA) is 119 Å². The van der Waals surface area contributed by atoms with Gasteiger partial charge in [0.25, 0.3) is 0 Å². The van der Waals surface area contributed by atoms with Gasteiger partial charge in [0.15, 0.2) is 0 Å². The van der Waals surface area contributed by atoms with Crippen LogP contribution in [0.4, 0.5) is 9.80 Å². The lowest BCUT2D eigenvalue weighted by Gasteiger charge is -2.21. The molecule has 21 heavy (non-hydrogen) atoms. The summed E-state index contributed by atoms with van der Waals surface area (Å²) in [5, 5.41) is 21.8. The minimum absolute atomic E-state index is 0.0485. The van der Waals surface area contributed by atoms with Crippen molar-refractivity contribution in [3.05, 3.63) is 27.1 Å². The molecule has 0 aliphatic rings. The van der Waals surface area contributed by atoms with Crippen molar-refractivity contribution in [3.8, 4) is 0 Å². The molecule has 0 saturated heterocycles. The first-order valence-corrected chi connectivity index (χ1v) is 6.85. The van der Waals surface area contributed by atoms with Crippen molar-refractivity contribution >= 4 is 28.4 Å². The highest BCUT2D eigenvalue weighted by Crippen LogP contribution is 2.25. The standard InChI is InChI=1S/C12H16N2O6S/c1-12(2,3)20-11(17)13-8(10(15)16)6-7-4-5-9(21-7)14(18)19/h4-5,8H,6H2,1-3H3,(H,13,17)(H,15,16). The molecule has 0 fully saturated rings. The molecule has 0 aliphatic heterocycles. The van der Waals surface area contributed by atoms with Crippen LogP contribution in [0.3, 0.4) is 0 Å². The number of ether oxygens (including phenoxy) is 1. The SMILES string of the molecule is CC(C)(C)OC(=O)NC(Cc1ccc([N+](=O)[O-])s1)C(=O)O. The Morgan fingerprint density at radius 2 is 2.10 bits per heavy atom. The van der Waals surface area contributed by atoms with Crippen molar-refractivity contribution in [1.82, 2.24) is 5.32 Å². The zero-order valence-corrected chi connectivity index (χ0v) is 12.6. The number of aliphatic carboxylic acids is 1. The molecule has 1 unspecified atom stereocenters. The van der Waals surface area contributed by atoms with Gasteiger partial charge in [0.1, 0.15) is 11.6 Å². The fourth-order valence-corrected chi connectivity index (χ4v) is 2.29. The van der Waals surface area contributed by atoms with E-state index in [4.69, 9.17) is 9.84 Å². The average Bonchev–Trinajstić information content (AvgIpc) is 2.74. The van der Waals surface area contributed by atoms with Crippen molar-refractivity contribution in [1.29, 1.82) is 0 Å². The number of amides is 1. The Morgan fingerprint density at radius 3 is 2.52 bits per heavy atom. The number of carboxylic acids is 1. The van der Waals surface area contributed by atoms with Gasteiger partial charge in [-0.25, -0.2) is 9.59 Å². The first-order valence-electron chi connectivity index (χ1n) is 6.04. The lowest BCUT2D eigenvalue weighted by molar-refractivity contribution is -0.380. The Labute approximate surface area is 124 Å². The van der Waals surface area contributed by atoms with E-state index in [1.807, 2.05) is 0 Å². The summed E-state index contributed by atoms with van der Waals surface area (Å²) in [7, 11) is 0. The van der Waals surface area contributed by atoms with E-state index in [2.05, 4.69) is 5.32 Å². The number of carbonyl (C=O) groups is 2. The molecule has 0 aliphatic carbocycles. The second kappa shape index (κ2) is 6.53. The molecule has 2 N–H and O–H groups in total. The lowest BCUT2D eigenvalue weighted by atomic mass is 10.2. The second-order valence-electron chi connectivity index (χ2n) is 5.24. The smallest absolute Gasteiger partial charge is 0.408 e. The highest BCUT2D eigenvalue weighted by Gasteiger charge is 2.25. The zero-order chi connectivity index (χ0) is 16.2. The summed E-state index contributed by atoms with van der Waals surface area (Å²) in [6.45, 7) is 4.97. The van der Waals surface area contributed by atoms with Crippen LogP contribution in [0, 0.1) is 10.1 Å². The maximum absolute atomic E-state index is 11.6. The first kappa shape index (κ1) is 16.9. The second-order valence-corrected chi connectivity index (χ2v) is 6.39. The Morgan fingerprint density at radius 1 is 1.48 bits per heavy atom. The molecule has 8 nitrogen and oxygen atoms in total. The first-order chi connectivity index (χ1) is 9.58. The molecule has 1 aromatic heterocycles. The third kappa shape index (κ3) is 5.78. The lowest BCUT2D eigenvalue weighted by Crippen LogP contribution is -2.44. The largest absolute Gasteiger partial charge is 0.480 e. The number of nitro groups is 1. The van der Waals surface area contributed by atoms with Crippen molar-refractivity contribution in [2.45, 2.75) is 38.8 Å². The molecule has 116 valence electrons. The maximum atomic E-state index is 11.6. The van der Waals surface area contributed by atoms with Gasteiger partial charge in [-0.15, -0.1) is 0 Å². The normalized spacial score (nSPS) is 12.5. The molecule has 0 radical (unpaired) electrons. The molecule has 1 aromatic rings. The van der Waals surface area contributed by atoms with E-state index < -0.39 is 28.6 Å². The van der Waals surface area contributed by atoms with Crippen LogP contribution in [0.25, 0.3) is 0 Å². The number of hydrogen-bond acceptors (Lipinski definition) is 6. The van der Waals surface area contributed by atoms with Gasteiger partial charge in [0.2, 0.25) is 0 Å². The molecule has 1 heterocycles. The quantitative estimate of drug-likeness (QED) is 0.634. The predicted octanol–water partition coefficient (Wildman–Crippen LogP) is 2.18. The third-order valence-electron chi connectivity index (χ3n) is 2.22. The van der Waals surface area contributed by atoms with Crippen LogP contribution in [0.15, 0.2) is 12.1 Å². The Balaban J connectivity index is 2.71. The van der Waals surface area contributed by atoms with Crippen molar-refractivity contribution in [2.24, 2.45) is 0 Å². The minimum atomic E-state index is -1.24. The number of alkyl carbamates (subject to hydrolysis) is 1. The highest BCUT2D eigenvalue weighted by atomic mass is 32.1. The van der Waals surface area contributed by atoms with E-state index in [0.29, 0.717) is 4.88 Å². The highest BCUT2D eigenvalue weighted by molar-refractivity contribution is 7.15. The number of hydrogen-bond donors (Lipinski definition) is 2. The summed E-state index contributed by atoms with van der Waals surface area (Å²) in [6.07, 6.45) is -0.895. The average molecular weight is 316 g/mol. The molecule has 1 amide bonds. The van der Waals surface area contributed by atoms with Crippen LogP contribution in [-0.4, -0.2) is 33.7 Å². The minimum Gasteiger partial charge on any atom is -0.480 e. The monoisotopic (exact) mass is 316 g/mol. The van der Waals surface area contributed by atoms with Gasteiger partial charge in [0, 0.05) is 17.4 Å². The number of thiophene rings is 1. The Kier molecular flexibility index (Phi) is 5.25. The van der Waals surface area contributed by atoms with Gasteiger partial charge < -0.3 is 15.2 Å². The van der Waals surface area contributed by atoms with E-state index in [1.54, 1.807) is 20.8 Å². The number of carbonyl (C=O) groups excluding carboxylic acids is 1. The summed E-state index contributed by atoms with van der Waals surface area (Å²) in [5.41, 5.74) is -0.741. The predicted molar refractivity (Wildman–Crippen MR) is 75.5 cm³/mol. The van der Waals surface area contributed by atoms with E-state index in [1.165, 1.54) is 12.1 Å². The Hall–Kier alpha value is -2.16. The molecular formula is C12H16N2O6S. The molecule has 1 rings (SSSR count). The van der Waals surface area contributed by atoms with Crippen molar-refractivity contribution in [3.63, 3.8) is 0 Å². The van der Waals surface area contributed by atoms with Gasteiger partial charge in [0.05, 0.1) is 4.92 Å². The molecule has 0 aromatic carbocycles. The van der Waals surface area contributed by atoms with Gasteiger partial charge in [-0.3, -0.25) is 10.1 Å². The summed E-state index contributed by atoms with van der Waals surface area (Å²) in [4.78, 5) is 33.2. The molecular weight excluding hydrogens is 300 g/mol. The van der Waals surface area contributed by atoms with Gasteiger partial charge in [-0.2, -0.15) is 0 Å². The number of nitrogens with one attached hydrogen (secondary N) is 1. The summed E-state index contributed by atoms with van der Waals surface area (Å²) >= 11 is 0.872. The van der Waals surface area contributed by atoms with Crippen LogP contribution in [-0.2, 0) is 16.0 Å². The van der Waals surface area contributed by atoms with Gasteiger partial charge in [-0.05, 0) is 26.8 Å². The molecule has 9 heteroatoms. The fraction of sp³-hybridized carbons (Fsp3) is 0.500. The maximum Gasteiger partial charge on any atom is 0.408 e. The van der Waals surface area contributed by atoms with Gasteiger partial charge in [-0.1, -0.05) is 11.3 Å². The fourth-order valence-electron chi connectivity index (χ4n) is 1.43. The van der Waals surface area contributed by atoms with Crippen molar-refractivity contribution in [2.75, 3.05) is 0 Å². The molecule has 0 spiro atoms. The summed E-state index contributed by atoms with van der Waals surface area (Å²) in [6, 6.07) is 1.56. The molecule has 0 bridgehead atoms. The van der Waals surface area contributed by atoms with E-state index >= 15 is 0 Å². The number of carboxylic acid groups (broad SMARTS) is 1. The van der Waals surface area contributed by atoms with Crippen LogP contribution in [0.2, 0.25) is 0 Å².